The van der Waals surface area contributed by atoms with E-state index in [-0.39, 0.29) is 5.91 Å². The Balaban J connectivity index is 1.73. The fourth-order valence-corrected chi connectivity index (χ4v) is 5.01. The highest BCUT2D eigenvalue weighted by molar-refractivity contribution is 7.17. The number of methoxy groups -OCH3 is 1. The maximum absolute atomic E-state index is 13.0. The van der Waals surface area contributed by atoms with E-state index >= 15 is 0 Å². The Labute approximate surface area is 166 Å². The highest BCUT2D eigenvalue weighted by Gasteiger charge is 2.30. The Morgan fingerprint density at radius 3 is 3.00 bits per heavy atom. The fraction of sp³-hybridized carbons (Fsp3) is 0.421. The molecule has 0 bridgehead atoms. The van der Waals surface area contributed by atoms with Crippen molar-refractivity contribution in [2.75, 3.05) is 12.4 Å². The number of carbonyl (C=O) groups excluding carboxylic acids is 2. The molecule has 1 amide bonds. The van der Waals surface area contributed by atoms with Crippen LogP contribution in [-0.4, -0.2) is 38.6 Å². The van der Waals surface area contributed by atoms with E-state index in [9.17, 15) is 9.59 Å². The first-order valence-electron chi connectivity index (χ1n) is 9.23. The first kappa shape index (κ1) is 18.5. The summed E-state index contributed by atoms with van der Waals surface area (Å²) in [5.74, 6) is 0.184. The number of hydrogen-bond donors (Lipinski definition) is 1. The number of esters is 1. The normalized spacial score (nSPS) is 16.0. The van der Waals surface area contributed by atoms with Gasteiger partial charge in [0.25, 0.3) is 11.7 Å². The summed E-state index contributed by atoms with van der Waals surface area (Å²) in [6.45, 7) is 3.97. The van der Waals surface area contributed by atoms with Crippen LogP contribution in [0.4, 0.5) is 5.00 Å². The van der Waals surface area contributed by atoms with Crippen molar-refractivity contribution in [3.05, 3.63) is 39.8 Å². The molecule has 0 saturated carbocycles. The Hall–Kier alpha value is -2.81. The van der Waals surface area contributed by atoms with Crippen LogP contribution in [0.5, 0.6) is 0 Å². The highest BCUT2D eigenvalue weighted by Crippen LogP contribution is 2.40. The predicted octanol–water partition coefficient (Wildman–Crippen LogP) is 3.05. The molecule has 1 N–H and O–H groups in total. The number of rotatable bonds is 4. The monoisotopic (exact) mass is 399 g/mol. The zero-order chi connectivity index (χ0) is 19.8. The molecular formula is C19H21N5O3S. The van der Waals surface area contributed by atoms with Gasteiger partial charge in [-0.2, -0.15) is 14.6 Å². The average molecular weight is 399 g/mol. The largest absolute Gasteiger partial charge is 0.465 e. The lowest BCUT2D eigenvalue weighted by Crippen LogP contribution is -2.19. The van der Waals surface area contributed by atoms with Crippen LogP contribution in [-0.2, 0) is 17.6 Å². The molecule has 0 spiro atoms. The third-order valence-corrected chi connectivity index (χ3v) is 6.34. The summed E-state index contributed by atoms with van der Waals surface area (Å²) < 4.78 is 6.39. The first-order chi connectivity index (χ1) is 13.5. The number of aryl methyl sites for hydroxylation is 1. The molecule has 8 nitrogen and oxygen atoms in total. The summed E-state index contributed by atoms with van der Waals surface area (Å²) in [4.78, 5) is 34.9. The summed E-state index contributed by atoms with van der Waals surface area (Å²) in [5, 5.41) is 7.51. The number of carbonyl (C=O) groups is 2. The Kier molecular flexibility index (Phi) is 4.84. The molecule has 3 heterocycles. The van der Waals surface area contributed by atoms with E-state index in [1.807, 2.05) is 0 Å². The van der Waals surface area contributed by atoms with Crippen LogP contribution in [0.25, 0.3) is 5.78 Å². The van der Waals surface area contributed by atoms with Gasteiger partial charge < -0.3 is 10.1 Å². The Bertz CT molecular complexity index is 1070. The average Bonchev–Trinajstić information content (AvgIpc) is 3.29. The molecule has 0 saturated heterocycles. The van der Waals surface area contributed by atoms with Gasteiger partial charge in [0.15, 0.2) is 0 Å². The van der Waals surface area contributed by atoms with Gasteiger partial charge in [-0.1, -0.05) is 13.3 Å². The summed E-state index contributed by atoms with van der Waals surface area (Å²) >= 11 is 1.47. The Morgan fingerprint density at radius 1 is 1.43 bits per heavy atom. The minimum absolute atomic E-state index is 0.314. The molecule has 9 heteroatoms. The van der Waals surface area contributed by atoms with Crippen molar-refractivity contribution in [2.24, 2.45) is 5.92 Å². The predicted molar refractivity (Wildman–Crippen MR) is 105 cm³/mol. The van der Waals surface area contributed by atoms with Gasteiger partial charge in [0, 0.05) is 10.6 Å². The van der Waals surface area contributed by atoms with Gasteiger partial charge in [0.1, 0.15) is 17.0 Å². The van der Waals surface area contributed by atoms with Crippen LogP contribution in [0.3, 0.4) is 0 Å². The number of aromatic nitrogens is 4. The van der Waals surface area contributed by atoms with Gasteiger partial charge in [0.05, 0.1) is 12.7 Å². The van der Waals surface area contributed by atoms with E-state index in [0.29, 0.717) is 33.6 Å². The number of fused-ring (bicyclic) bond motifs is 2. The molecule has 0 fully saturated rings. The molecule has 0 radical (unpaired) electrons. The van der Waals surface area contributed by atoms with Gasteiger partial charge in [-0.05, 0) is 43.7 Å². The SMILES string of the molecule is CC[C@H]1CCc2c(sc(NC(=O)c3cc(C)nc4ncnn34)c2C(=O)OC)C1. The number of nitrogens with zero attached hydrogens (tertiary/aromatic N) is 4. The molecule has 0 unspecified atom stereocenters. The zero-order valence-electron chi connectivity index (χ0n) is 16.0. The van der Waals surface area contributed by atoms with Crippen molar-refractivity contribution >= 4 is 34.0 Å². The minimum atomic E-state index is -0.417. The summed E-state index contributed by atoms with van der Waals surface area (Å²) in [6, 6.07) is 1.65. The molecule has 1 aliphatic carbocycles. The molecular weight excluding hydrogens is 378 g/mol. The smallest absolute Gasteiger partial charge is 0.341 e. The van der Waals surface area contributed by atoms with Crippen LogP contribution < -0.4 is 5.32 Å². The van der Waals surface area contributed by atoms with Gasteiger partial charge in [0.2, 0.25) is 0 Å². The van der Waals surface area contributed by atoms with Crippen LogP contribution >= 0.6 is 11.3 Å². The van der Waals surface area contributed by atoms with Crippen LogP contribution in [0, 0.1) is 12.8 Å². The second-order valence-corrected chi connectivity index (χ2v) is 8.03. The third kappa shape index (κ3) is 3.15. The van der Waals surface area contributed by atoms with E-state index < -0.39 is 5.97 Å². The topological polar surface area (TPSA) is 98.5 Å². The van der Waals surface area contributed by atoms with Crippen molar-refractivity contribution in [3.8, 4) is 0 Å². The maximum Gasteiger partial charge on any atom is 0.341 e. The number of amides is 1. The quantitative estimate of drug-likeness (QED) is 0.677. The summed E-state index contributed by atoms with van der Waals surface area (Å²) in [6.07, 6.45) is 5.26. The lowest BCUT2D eigenvalue weighted by molar-refractivity contribution is 0.0601. The molecule has 3 aromatic heterocycles. The van der Waals surface area contributed by atoms with Crippen molar-refractivity contribution < 1.29 is 14.3 Å². The van der Waals surface area contributed by atoms with Crippen LogP contribution in [0.1, 0.15) is 56.7 Å². The molecule has 1 atom stereocenters. The van der Waals surface area contributed by atoms with E-state index in [1.54, 1.807) is 13.0 Å². The standard InChI is InChI=1S/C19H21N5O3S/c1-4-11-5-6-12-14(8-11)28-17(15(12)18(26)27-3)23-16(25)13-7-10(2)22-19-20-9-21-24(13)19/h7,9,11H,4-6,8H2,1-3H3,(H,23,25)/t11-/m0/s1. The zero-order valence-corrected chi connectivity index (χ0v) is 16.8. The van der Waals surface area contributed by atoms with Crippen molar-refractivity contribution in [3.63, 3.8) is 0 Å². The third-order valence-electron chi connectivity index (χ3n) is 5.17. The second-order valence-electron chi connectivity index (χ2n) is 6.93. The minimum Gasteiger partial charge on any atom is -0.465 e. The van der Waals surface area contributed by atoms with Gasteiger partial charge in [-0.25, -0.2) is 9.78 Å². The molecule has 0 aromatic carbocycles. The molecule has 1 aliphatic rings. The molecule has 146 valence electrons. The second kappa shape index (κ2) is 7.31. The van der Waals surface area contributed by atoms with Crippen molar-refractivity contribution in [1.29, 1.82) is 0 Å². The number of nitrogens with one attached hydrogen (secondary N) is 1. The molecule has 0 aliphatic heterocycles. The van der Waals surface area contributed by atoms with Crippen molar-refractivity contribution in [2.45, 2.75) is 39.5 Å². The molecule has 3 aromatic rings. The number of hydrogen-bond acceptors (Lipinski definition) is 7. The molecule has 4 rings (SSSR count). The summed E-state index contributed by atoms with van der Waals surface area (Å²) in [5.41, 5.74) is 2.46. The van der Waals surface area contributed by atoms with Crippen molar-refractivity contribution in [1.82, 2.24) is 19.6 Å². The maximum atomic E-state index is 13.0. The van der Waals surface area contributed by atoms with Crippen LogP contribution in [0.2, 0.25) is 0 Å². The summed E-state index contributed by atoms with van der Waals surface area (Å²) in [7, 11) is 1.36. The Morgan fingerprint density at radius 2 is 2.25 bits per heavy atom. The first-order valence-corrected chi connectivity index (χ1v) is 10.0. The lowest BCUT2D eigenvalue weighted by Gasteiger charge is -2.20. The number of thiophene rings is 1. The molecule has 28 heavy (non-hydrogen) atoms. The van der Waals surface area contributed by atoms with E-state index in [0.717, 1.165) is 36.1 Å². The lowest BCUT2D eigenvalue weighted by atomic mass is 9.85. The van der Waals surface area contributed by atoms with Gasteiger partial charge in [-0.3, -0.25) is 4.79 Å². The van der Waals surface area contributed by atoms with Gasteiger partial charge in [-0.15, -0.1) is 11.3 Å². The van der Waals surface area contributed by atoms with E-state index in [2.05, 4.69) is 27.3 Å². The van der Waals surface area contributed by atoms with Crippen LogP contribution in [0.15, 0.2) is 12.4 Å². The van der Waals surface area contributed by atoms with E-state index in [4.69, 9.17) is 4.74 Å². The van der Waals surface area contributed by atoms with Gasteiger partial charge >= 0.3 is 5.97 Å². The number of ether oxygens (including phenoxy) is 1. The number of anilines is 1. The van der Waals surface area contributed by atoms with E-state index in [1.165, 1.54) is 29.3 Å². The fourth-order valence-electron chi connectivity index (χ4n) is 3.67. The highest BCUT2D eigenvalue weighted by atomic mass is 32.1.